The molecule has 0 aliphatic rings. The molecule has 116 valence electrons. The first-order valence-electron chi connectivity index (χ1n) is 7.19. The fraction of sp³-hybridized carbons (Fsp3) is 0.500. The molecule has 1 rings (SSSR count). The van der Waals surface area contributed by atoms with Crippen LogP contribution in [0.25, 0.3) is 0 Å². The molecule has 21 heavy (non-hydrogen) atoms. The van der Waals surface area contributed by atoms with Crippen molar-refractivity contribution in [2.75, 3.05) is 13.1 Å². The Bertz CT molecular complexity index is 486. The largest absolute Gasteiger partial charge is 0.481 e. The summed E-state index contributed by atoms with van der Waals surface area (Å²) in [6, 6.07) is 7.72. The van der Waals surface area contributed by atoms with Crippen molar-refractivity contribution in [3.05, 3.63) is 29.8 Å². The summed E-state index contributed by atoms with van der Waals surface area (Å²) < 4.78 is 5.75. The molecule has 0 saturated carbocycles. The third-order valence-corrected chi connectivity index (χ3v) is 3.01. The number of amides is 2. The maximum atomic E-state index is 11.9. The Morgan fingerprint density at radius 2 is 1.71 bits per heavy atom. The van der Waals surface area contributed by atoms with Crippen LogP contribution in [0, 0.1) is 0 Å². The van der Waals surface area contributed by atoms with E-state index in [-0.39, 0.29) is 11.8 Å². The summed E-state index contributed by atoms with van der Waals surface area (Å²) in [4.78, 5) is 22.6. The van der Waals surface area contributed by atoms with Crippen LogP contribution in [0.4, 0.5) is 0 Å². The lowest BCUT2D eigenvalue weighted by molar-refractivity contribution is -0.127. The first kappa shape index (κ1) is 17.0. The van der Waals surface area contributed by atoms with E-state index in [0.29, 0.717) is 19.0 Å². The highest BCUT2D eigenvalue weighted by molar-refractivity contribution is 5.80. The van der Waals surface area contributed by atoms with E-state index in [4.69, 9.17) is 4.74 Å². The quantitative estimate of drug-likeness (QED) is 0.753. The van der Waals surface area contributed by atoms with Crippen LogP contribution in [-0.2, 0) is 9.59 Å². The molecule has 2 N–H and O–H groups in total. The van der Waals surface area contributed by atoms with Gasteiger partial charge in [0.1, 0.15) is 5.75 Å². The van der Waals surface area contributed by atoms with Crippen molar-refractivity contribution < 1.29 is 14.3 Å². The van der Waals surface area contributed by atoms with Crippen LogP contribution in [0.2, 0.25) is 0 Å². The average molecular weight is 292 g/mol. The molecule has 0 aliphatic heterocycles. The zero-order valence-corrected chi connectivity index (χ0v) is 13.1. The molecule has 0 aliphatic carbocycles. The minimum atomic E-state index is -0.581. The minimum Gasteiger partial charge on any atom is -0.481 e. The van der Waals surface area contributed by atoms with Crippen molar-refractivity contribution >= 4 is 11.8 Å². The van der Waals surface area contributed by atoms with Gasteiger partial charge in [-0.3, -0.25) is 9.59 Å². The second-order valence-electron chi connectivity index (χ2n) is 5.23. The third-order valence-electron chi connectivity index (χ3n) is 3.01. The lowest BCUT2D eigenvalue weighted by atomic mass is 10.0. The highest BCUT2D eigenvalue weighted by Crippen LogP contribution is 2.26. The Balaban J connectivity index is 2.51. The molecule has 0 heterocycles. The van der Waals surface area contributed by atoms with Gasteiger partial charge in [0.25, 0.3) is 5.91 Å². The van der Waals surface area contributed by atoms with Crippen LogP contribution < -0.4 is 15.4 Å². The van der Waals surface area contributed by atoms with Crippen LogP contribution in [0.3, 0.4) is 0 Å². The molecule has 0 radical (unpaired) electrons. The van der Waals surface area contributed by atoms with Gasteiger partial charge in [-0.1, -0.05) is 32.0 Å². The maximum absolute atomic E-state index is 11.9. The Morgan fingerprint density at radius 1 is 1.10 bits per heavy atom. The van der Waals surface area contributed by atoms with Gasteiger partial charge in [-0.25, -0.2) is 0 Å². The van der Waals surface area contributed by atoms with Crippen molar-refractivity contribution in [1.82, 2.24) is 10.6 Å². The standard InChI is InChI=1S/C16H24N2O3/c1-11(2)14-7-5-6-8-15(14)21-12(3)16(20)18-10-9-17-13(4)19/h5-8,11-12H,9-10H2,1-4H3,(H,17,19)(H,18,20). The number of hydrogen-bond donors (Lipinski definition) is 2. The van der Waals surface area contributed by atoms with E-state index in [1.54, 1.807) is 6.92 Å². The number of para-hydroxylation sites is 1. The van der Waals surface area contributed by atoms with Crippen molar-refractivity contribution in [1.29, 1.82) is 0 Å². The monoisotopic (exact) mass is 292 g/mol. The smallest absolute Gasteiger partial charge is 0.260 e. The topological polar surface area (TPSA) is 67.4 Å². The lowest BCUT2D eigenvalue weighted by Gasteiger charge is -2.18. The zero-order chi connectivity index (χ0) is 15.8. The second-order valence-corrected chi connectivity index (χ2v) is 5.23. The number of carbonyl (C=O) groups excluding carboxylic acids is 2. The summed E-state index contributed by atoms with van der Waals surface area (Å²) in [6.45, 7) is 8.12. The summed E-state index contributed by atoms with van der Waals surface area (Å²) in [5, 5.41) is 5.35. The van der Waals surface area contributed by atoms with E-state index >= 15 is 0 Å². The van der Waals surface area contributed by atoms with E-state index in [1.807, 2.05) is 24.3 Å². The van der Waals surface area contributed by atoms with Crippen LogP contribution in [0.15, 0.2) is 24.3 Å². The van der Waals surface area contributed by atoms with E-state index in [2.05, 4.69) is 24.5 Å². The van der Waals surface area contributed by atoms with Crippen LogP contribution in [-0.4, -0.2) is 31.0 Å². The van der Waals surface area contributed by atoms with E-state index in [9.17, 15) is 9.59 Å². The summed E-state index contributed by atoms with van der Waals surface area (Å²) >= 11 is 0. The van der Waals surface area contributed by atoms with E-state index in [1.165, 1.54) is 6.92 Å². The normalized spacial score (nSPS) is 11.9. The molecule has 1 aromatic rings. The number of nitrogens with one attached hydrogen (secondary N) is 2. The molecular weight excluding hydrogens is 268 g/mol. The Labute approximate surface area is 126 Å². The van der Waals surface area contributed by atoms with Gasteiger partial charge >= 0.3 is 0 Å². The van der Waals surface area contributed by atoms with Gasteiger partial charge in [0, 0.05) is 20.0 Å². The maximum Gasteiger partial charge on any atom is 0.260 e. The molecule has 0 aromatic heterocycles. The van der Waals surface area contributed by atoms with Gasteiger partial charge in [0.05, 0.1) is 0 Å². The molecule has 2 amide bonds. The van der Waals surface area contributed by atoms with Crippen molar-refractivity contribution in [2.45, 2.75) is 39.7 Å². The SMILES string of the molecule is CC(=O)NCCNC(=O)C(C)Oc1ccccc1C(C)C. The minimum absolute atomic E-state index is 0.112. The molecule has 1 aromatic carbocycles. The average Bonchev–Trinajstić information content (AvgIpc) is 2.43. The van der Waals surface area contributed by atoms with Crippen LogP contribution in [0.1, 0.15) is 39.2 Å². The molecule has 1 atom stereocenters. The van der Waals surface area contributed by atoms with Crippen LogP contribution >= 0.6 is 0 Å². The number of benzene rings is 1. The molecular formula is C16H24N2O3. The van der Waals surface area contributed by atoms with Gasteiger partial charge in [0.15, 0.2) is 6.10 Å². The highest BCUT2D eigenvalue weighted by atomic mass is 16.5. The molecule has 5 heteroatoms. The summed E-state index contributed by atoms with van der Waals surface area (Å²) in [5.41, 5.74) is 1.08. The van der Waals surface area contributed by atoms with E-state index < -0.39 is 6.10 Å². The lowest BCUT2D eigenvalue weighted by Crippen LogP contribution is -2.40. The van der Waals surface area contributed by atoms with Crippen molar-refractivity contribution in [2.24, 2.45) is 0 Å². The van der Waals surface area contributed by atoms with Crippen molar-refractivity contribution in [3.63, 3.8) is 0 Å². The van der Waals surface area contributed by atoms with E-state index in [0.717, 1.165) is 11.3 Å². The third kappa shape index (κ3) is 5.85. The molecule has 0 fully saturated rings. The molecule has 0 saturated heterocycles. The second kappa shape index (κ2) is 8.29. The first-order valence-corrected chi connectivity index (χ1v) is 7.19. The number of carbonyl (C=O) groups is 2. The summed E-state index contributed by atoms with van der Waals surface area (Å²) in [7, 11) is 0. The summed E-state index contributed by atoms with van der Waals surface area (Å²) in [5.74, 6) is 0.756. The Kier molecular flexibility index (Phi) is 6.72. The zero-order valence-electron chi connectivity index (χ0n) is 13.1. The predicted octanol–water partition coefficient (Wildman–Crippen LogP) is 1.83. The van der Waals surface area contributed by atoms with Gasteiger partial charge in [-0.05, 0) is 24.5 Å². The Morgan fingerprint density at radius 3 is 2.33 bits per heavy atom. The number of rotatable bonds is 7. The first-order chi connectivity index (χ1) is 9.91. The van der Waals surface area contributed by atoms with Crippen molar-refractivity contribution in [3.8, 4) is 5.75 Å². The Hall–Kier alpha value is -2.04. The van der Waals surface area contributed by atoms with Gasteiger partial charge in [-0.15, -0.1) is 0 Å². The highest BCUT2D eigenvalue weighted by Gasteiger charge is 2.16. The van der Waals surface area contributed by atoms with Gasteiger partial charge in [0.2, 0.25) is 5.91 Å². The van der Waals surface area contributed by atoms with Gasteiger partial charge in [-0.2, -0.15) is 0 Å². The number of ether oxygens (including phenoxy) is 1. The molecule has 0 spiro atoms. The molecule has 0 bridgehead atoms. The number of hydrogen-bond acceptors (Lipinski definition) is 3. The van der Waals surface area contributed by atoms with Crippen LogP contribution in [0.5, 0.6) is 5.75 Å². The summed E-state index contributed by atoms with van der Waals surface area (Å²) in [6.07, 6.45) is -0.581. The fourth-order valence-corrected chi connectivity index (χ4v) is 1.88. The van der Waals surface area contributed by atoms with Gasteiger partial charge < -0.3 is 15.4 Å². The fourth-order valence-electron chi connectivity index (χ4n) is 1.88. The predicted molar refractivity (Wildman–Crippen MR) is 82.3 cm³/mol. The molecule has 1 unspecified atom stereocenters. The molecule has 5 nitrogen and oxygen atoms in total.